The van der Waals surface area contributed by atoms with Crippen molar-refractivity contribution in [3.63, 3.8) is 0 Å². The number of nitrogens with one attached hydrogen (secondary N) is 1. The van der Waals surface area contributed by atoms with E-state index in [-0.39, 0.29) is 24.0 Å². The van der Waals surface area contributed by atoms with E-state index in [4.69, 9.17) is 4.74 Å². The van der Waals surface area contributed by atoms with Gasteiger partial charge in [-0.25, -0.2) is 0 Å². The van der Waals surface area contributed by atoms with E-state index in [1.165, 1.54) is 37.5 Å². The summed E-state index contributed by atoms with van der Waals surface area (Å²) in [5.74, 6) is 0.799. The number of alkyl halides is 3. The predicted molar refractivity (Wildman–Crippen MR) is 113 cm³/mol. The lowest BCUT2D eigenvalue weighted by molar-refractivity contribution is -0.181. The van der Waals surface area contributed by atoms with Crippen LogP contribution < -0.4 is 5.32 Å². The lowest BCUT2D eigenvalue weighted by atomic mass is 10.2. The molecule has 1 heterocycles. The number of hydrogen-bond donors (Lipinski definition) is 1. The van der Waals surface area contributed by atoms with Crippen molar-refractivity contribution >= 4 is 29.9 Å². The molecule has 0 amide bonds. The van der Waals surface area contributed by atoms with Gasteiger partial charge in [0.25, 0.3) is 0 Å². The van der Waals surface area contributed by atoms with Gasteiger partial charge in [-0.05, 0) is 33.1 Å². The lowest BCUT2D eigenvalue weighted by Crippen LogP contribution is -2.56. The van der Waals surface area contributed by atoms with Crippen LogP contribution in [0.25, 0.3) is 0 Å². The molecule has 160 valence electrons. The Morgan fingerprint density at radius 2 is 1.81 bits per heavy atom. The number of hydrogen-bond acceptors (Lipinski definition) is 3. The molecule has 1 aliphatic heterocycles. The van der Waals surface area contributed by atoms with E-state index in [0.717, 1.165) is 25.5 Å². The van der Waals surface area contributed by atoms with Crippen molar-refractivity contribution in [1.29, 1.82) is 0 Å². The molecule has 2 rings (SSSR count). The first-order valence-electron chi connectivity index (χ1n) is 9.87. The second-order valence-electron chi connectivity index (χ2n) is 7.11. The van der Waals surface area contributed by atoms with Gasteiger partial charge < -0.3 is 15.0 Å². The minimum atomic E-state index is -4.17. The first-order valence-corrected chi connectivity index (χ1v) is 9.87. The van der Waals surface area contributed by atoms with Gasteiger partial charge in [0.15, 0.2) is 5.96 Å². The van der Waals surface area contributed by atoms with Crippen LogP contribution in [0.3, 0.4) is 0 Å². The topological polar surface area (TPSA) is 40.1 Å². The molecule has 27 heavy (non-hydrogen) atoms. The van der Waals surface area contributed by atoms with E-state index in [0.29, 0.717) is 38.8 Å². The highest BCUT2D eigenvalue weighted by Crippen LogP contribution is 2.25. The highest BCUT2D eigenvalue weighted by molar-refractivity contribution is 14.0. The lowest BCUT2D eigenvalue weighted by Gasteiger charge is -2.39. The fourth-order valence-corrected chi connectivity index (χ4v) is 3.51. The Balaban J connectivity index is 0.00000364. The van der Waals surface area contributed by atoms with Crippen LogP contribution in [0.1, 0.15) is 46.0 Å². The molecule has 9 heteroatoms. The van der Waals surface area contributed by atoms with Crippen molar-refractivity contribution in [3.8, 4) is 0 Å². The van der Waals surface area contributed by atoms with Gasteiger partial charge in [-0.2, -0.15) is 13.2 Å². The third-order valence-electron chi connectivity index (χ3n) is 5.19. The molecule has 0 bridgehead atoms. The van der Waals surface area contributed by atoms with E-state index < -0.39 is 12.2 Å². The Bertz CT molecular complexity index is 437. The molecule has 1 atom stereocenters. The maximum absolute atomic E-state index is 12.9. The SMILES string of the molecule is CCNC(=NCCCOC1CCCC1)N1CCN(C(C)C(F)(F)F)CC1.I. The van der Waals surface area contributed by atoms with Crippen molar-refractivity contribution in [2.75, 3.05) is 45.9 Å². The van der Waals surface area contributed by atoms with Crippen LogP contribution >= 0.6 is 24.0 Å². The smallest absolute Gasteiger partial charge is 0.378 e. The molecule has 0 aromatic rings. The van der Waals surface area contributed by atoms with Gasteiger partial charge in [0.1, 0.15) is 6.04 Å². The monoisotopic (exact) mass is 506 g/mol. The molecule has 1 aliphatic carbocycles. The van der Waals surface area contributed by atoms with Crippen LogP contribution in [0.5, 0.6) is 0 Å². The number of aliphatic imine (C=N–C) groups is 1. The first kappa shape index (κ1) is 24.7. The summed E-state index contributed by atoms with van der Waals surface area (Å²) in [4.78, 5) is 8.18. The average molecular weight is 506 g/mol. The molecule has 1 saturated carbocycles. The maximum atomic E-state index is 12.9. The van der Waals surface area contributed by atoms with Crippen molar-refractivity contribution in [1.82, 2.24) is 15.1 Å². The minimum absolute atomic E-state index is 0. The Labute approximate surface area is 178 Å². The van der Waals surface area contributed by atoms with Crippen molar-refractivity contribution < 1.29 is 17.9 Å². The van der Waals surface area contributed by atoms with Crippen LogP contribution in [0.4, 0.5) is 13.2 Å². The van der Waals surface area contributed by atoms with Crippen molar-refractivity contribution in [2.45, 2.75) is 64.3 Å². The minimum Gasteiger partial charge on any atom is -0.378 e. The van der Waals surface area contributed by atoms with Crippen LogP contribution in [0, 0.1) is 0 Å². The Morgan fingerprint density at radius 1 is 1.19 bits per heavy atom. The van der Waals surface area contributed by atoms with E-state index in [1.54, 1.807) is 0 Å². The molecule has 0 radical (unpaired) electrons. The van der Waals surface area contributed by atoms with Gasteiger partial charge in [-0.3, -0.25) is 9.89 Å². The van der Waals surface area contributed by atoms with Gasteiger partial charge in [-0.15, -0.1) is 24.0 Å². The second-order valence-corrected chi connectivity index (χ2v) is 7.11. The van der Waals surface area contributed by atoms with Crippen LogP contribution in [0.2, 0.25) is 0 Å². The predicted octanol–water partition coefficient (Wildman–Crippen LogP) is 3.49. The Morgan fingerprint density at radius 3 is 2.37 bits per heavy atom. The van der Waals surface area contributed by atoms with Crippen molar-refractivity contribution in [2.24, 2.45) is 4.99 Å². The molecule has 1 unspecified atom stereocenters. The summed E-state index contributed by atoms with van der Waals surface area (Å²) in [6, 6.07) is -1.39. The summed E-state index contributed by atoms with van der Waals surface area (Å²) in [7, 11) is 0. The average Bonchev–Trinajstić information content (AvgIpc) is 3.13. The Hall–Kier alpha value is -0.290. The zero-order valence-electron chi connectivity index (χ0n) is 16.4. The molecule has 0 spiro atoms. The number of halogens is 4. The molecule has 2 aliphatic rings. The zero-order valence-corrected chi connectivity index (χ0v) is 18.8. The van der Waals surface area contributed by atoms with Gasteiger partial charge in [-0.1, -0.05) is 12.8 Å². The number of guanidine groups is 1. The maximum Gasteiger partial charge on any atom is 0.403 e. The second kappa shape index (κ2) is 12.3. The quantitative estimate of drug-likeness (QED) is 0.249. The number of rotatable bonds is 7. The normalized spacial score (nSPS) is 21.2. The highest BCUT2D eigenvalue weighted by Gasteiger charge is 2.41. The standard InChI is InChI=1S/C18H33F3N4O.HI/c1-3-22-17(23-9-6-14-26-16-7-4-5-8-16)25-12-10-24(11-13-25)15(2)18(19,20)21;/h15-16H,3-14H2,1-2H3,(H,22,23);1H. The fourth-order valence-electron chi connectivity index (χ4n) is 3.51. The summed E-state index contributed by atoms with van der Waals surface area (Å²) >= 11 is 0. The van der Waals surface area contributed by atoms with E-state index >= 15 is 0 Å². The van der Waals surface area contributed by atoms with E-state index in [9.17, 15) is 13.2 Å². The summed E-state index contributed by atoms with van der Waals surface area (Å²) < 4.78 is 44.4. The molecule has 0 aromatic carbocycles. The van der Waals surface area contributed by atoms with Gasteiger partial charge in [0, 0.05) is 45.9 Å². The third-order valence-corrected chi connectivity index (χ3v) is 5.19. The molecule has 0 aromatic heterocycles. The molecule has 1 N–H and O–H groups in total. The number of nitrogens with zero attached hydrogens (tertiary/aromatic N) is 3. The summed E-state index contributed by atoms with van der Waals surface area (Å²) in [5, 5.41) is 3.25. The summed E-state index contributed by atoms with van der Waals surface area (Å²) in [5.41, 5.74) is 0. The molecular formula is C18H34F3IN4O. The highest BCUT2D eigenvalue weighted by atomic mass is 127. The zero-order chi connectivity index (χ0) is 19.0. The summed E-state index contributed by atoms with van der Waals surface area (Å²) in [6.07, 6.45) is 2.02. The largest absolute Gasteiger partial charge is 0.403 e. The van der Waals surface area contributed by atoms with Crippen LogP contribution in [-0.2, 0) is 4.74 Å². The number of piperazine rings is 1. The molecular weight excluding hydrogens is 472 g/mol. The van der Waals surface area contributed by atoms with E-state index in [2.05, 4.69) is 15.2 Å². The van der Waals surface area contributed by atoms with Crippen molar-refractivity contribution in [3.05, 3.63) is 0 Å². The molecule has 1 saturated heterocycles. The van der Waals surface area contributed by atoms with Gasteiger partial charge >= 0.3 is 6.18 Å². The van der Waals surface area contributed by atoms with Crippen LogP contribution in [-0.4, -0.2) is 80.0 Å². The van der Waals surface area contributed by atoms with Gasteiger partial charge in [0.05, 0.1) is 6.10 Å². The van der Waals surface area contributed by atoms with Crippen LogP contribution in [0.15, 0.2) is 4.99 Å². The number of ether oxygens (including phenoxy) is 1. The molecule has 2 fully saturated rings. The third kappa shape index (κ3) is 8.31. The fraction of sp³-hybridized carbons (Fsp3) is 0.944. The van der Waals surface area contributed by atoms with E-state index in [1.807, 2.05) is 6.92 Å². The summed E-state index contributed by atoms with van der Waals surface area (Å²) in [6.45, 7) is 7.30. The van der Waals surface area contributed by atoms with Gasteiger partial charge in [0.2, 0.25) is 0 Å². The Kier molecular flexibility index (Phi) is 11.3. The molecule has 5 nitrogen and oxygen atoms in total. The first-order chi connectivity index (χ1) is 12.4.